The van der Waals surface area contributed by atoms with Gasteiger partial charge < -0.3 is 15.4 Å². The summed E-state index contributed by atoms with van der Waals surface area (Å²) in [5, 5.41) is 5.73. The molecule has 0 saturated heterocycles. The Hall–Kier alpha value is -2.47. The minimum atomic E-state index is -0.135. The number of thioether (sulfide) groups is 1. The summed E-state index contributed by atoms with van der Waals surface area (Å²) in [6.45, 7) is 3.03. The van der Waals surface area contributed by atoms with Crippen molar-refractivity contribution in [2.24, 2.45) is 5.92 Å². The van der Waals surface area contributed by atoms with Crippen LogP contribution in [0.25, 0.3) is 0 Å². The maximum Gasteiger partial charge on any atom is 0.251 e. The second-order valence-corrected chi connectivity index (χ2v) is 8.04. The number of anilines is 1. The average Bonchev–Trinajstić information content (AvgIpc) is 2.66. The predicted molar refractivity (Wildman–Crippen MR) is 102 cm³/mol. The molecular formula is C20H20N2O3S. The summed E-state index contributed by atoms with van der Waals surface area (Å²) in [6, 6.07) is 13.5. The minimum absolute atomic E-state index is 0.0296. The van der Waals surface area contributed by atoms with Gasteiger partial charge in [-0.05, 0) is 43.2 Å². The average molecular weight is 368 g/mol. The SMILES string of the molecule is CC1Sc2ccc(C(=O)NCC3COc4ccccc4C3)cc2NC1=O. The first-order chi connectivity index (χ1) is 12.6. The van der Waals surface area contributed by atoms with Crippen LogP contribution in [0.15, 0.2) is 47.4 Å². The molecule has 2 unspecified atom stereocenters. The van der Waals surface area contributed by atoms with Gasteiger partial charge in [-0.2, -0.15) is 0 Å². The van der Waals surface area contributed by atoms with Crippen LogP contribution in [0.1, 0.15) is 22.8 Å². The fourth-order valence-corrected chi connectivity index (χ4v) is 4.14. The molecule has 0 bridgehead atoms. The number of benzene rings is 2. The zero-order valence-corrected chi connectivity index (χ0v) is 15.3. The van der Waals surface area contributed by atoms with E-state index in [9.17, 15) is 9.59 Å². The number of ether oxygens (including phenoxy) is 1. The molecule has 2 amide bonds. The fraction of sp³-hybridized carbons (Fsp3) is 0.300. The molecular weight excluding hydrogens is 348 g/mol. The summed E-state index contributed by atoms with van der Waals surface area (Å²) in [7, 11) is 0. The smallest absolute Gasteiger partial charge is 0.251 e. The van der Waals surface area contributed by atoms with E-state index in [4.69, 9.17) is 4.74 Å². The van der Waals surface area contributed by atoms with Crippen molar-refractivity contribution in [2.45, 2.75) is 23.5 Å². The molecule has 134 valence electrons. The highest BCUT2D eigenvalue weighted by atomic mass is 32.2. The van der Waals surface area contributed by atoms with E-state index < -0.39 is 0 Å². The van der Waals surface area contributed by atoms with E-state index in [1.165, 1.54) is 17.3 Å². The van der Waals surface area contributed by atoms with Gasteiger partial charge in [0.25, 0.3) is 5.91 Å². The van der Waals surface area contributed by atoms with Crippen LogP contribution in [0.4, 0.5) is 5.69 Å². The molecule has 2 N–H and O–H groups in total. The van der Waals surface area contributed by atoms with Gasteiger partial charge in [0.2, 0.25) is 5.91 Å². The van der Waals surface area contributed by atoms with Crippen LogP contribution in [-0.4, -0.2) is 30.2 Å². The number of fused-ring (bicyclic) bond motifs is 2. The Kier molecular flexibility index (Phi) is 4.59. The van der Waals surface area contributed by atoms with Crippen LogP contribution in [0.3, 0.4) is 0 Å². The highest BCUT2D eigenvalue weighted by molar-refractivity contribution is 8.00. The molecule has 4 rings (SSSR count). The van der Waals surface area contributed by atoms with E-state index in [1.807, 2.05) is 31.2 Å². The normalized spacial score (nSPS) is 21.0. The molecule has 0 radical (unpaired) electrons. The molecule has 0 aromatic heterocycles. The summed E-state index contributed by atoms with van der Waals surface area (Å²) in [5.41, 5.74) is 2.44. The molecule has 0 saturated carbocycles. The third-order valence-electron chi connectivity index (χ3n) is 4.68. The van der Waals surface area contributed by atoms with Crippen molar-refractivity contribution in [3.63, 3.8) is 0 Å². The van der Waals surface area contributed by atoms with Gasteiger partial charge in [-0.3, -0.25) is 9.59 Å². The number of hydrogen-bond acceptors (Lipinski definition) is 4. The molecule has 2 aromatic carbocycles. The van der Waals surface area contributed by atoms with E-state index in [-0.39, 0.29) is 23.0 Å². The molecule has 2 aliphatic heterocycles. The number of nitrogens with one attached hydrogen (secondary N) is 2. The number of carbonyl (C=O) groups excluding carboxylic acids is 2. The van der Waals surface area contributed by atoms with Gasteiger partial charge in [0.15, 0.2) is 0 Å². The van der Waals surface area contributed by atoms with Crippen LogP contribution < -0.4 is 15.4 Å². The van der Waals surface area contributed by atoms with Crippen LogP contribution >= 0.6 is 11.8 Å². The maximum absolute atomic E-state index is 12.5. The second kappa shape index (κ2) is 7.03. The third kappa shape index (κ3) is 3.42. The van der Waals surface area contributed by atoms with Crippen molar-refractivity contribution < 1.29 is 14.3 Å². The number of rotatable bonds is 3. The zero-order valence-electron chi connectivity index (χ0n) is 14.5. The molecule has 0 spiro atoms. The van der Waals surface area contributed by atoms with Gasteiger partial charge in [-0.1, -0.05) is 18.2 Å². The number of carbonyl (C=O) groups is 2. The molecule has 2 aromatic rings. The first kappa shape index (κ1) is 17.0. The van der Waals surface area contributed by atoms with Gasteiger partial charge in [0.1, 0.15) is 5.75 Å². The second-order valence-electron chi connectivity index (χ2n) is 6.66. The number of para-hydroxylation sites is 1. The lowest BCUT2D eigenvalue weighted by Crippen LogP contribution is -2.35. The first-order valence-corrected chi connectivity index (χ1v) is 9.58. The Balaban J connectivity index is 1.39. The van der Waals surface area contributed by atoms with Gasteiger partial charge >= 0.3 is 0 Å². The highest BCUT2D eigenvalue weighted by Crippen LogP contribution is 2.36. The zero-order chi connectivity index (χ0) is 18.1. The highest BCUT2D eigenvalue weighted by Gasteiger charge is 2.24. The molecule has 2 atom stereocenters. The van der Waals surface area contributed by atoms with Crippen molar-refractivity contribution in [1.29, 1.82) is 0 Å². The van der Waals surface area contributed by atoms with E-state index >= 15 is 0 Å². The maximum atomic E-state index is 12.5. The lowest BCUT2D eigenvalue weighted by Gasteiger charge is -2.25. The quantitative estimate of drug-likeness (QED) is 0.874. The third-order valence-corrected chi connectivity index (χ3v) is 5.86. The minimum Gasteiger partial charge on any atom is -0.493 e. The Labute approximate surface area is 156 Å². The summed E-state index contributed by atoms with van der Waals surface area (Å²) in [6.07, 6.45) is 0.894. The molecule has 0 aliphatic carbocycles. The monoisotopic (exact) mass is 368 g/mol. The summed E-state index contributed by atoms with van der Waals surface area (Å²) in [5.74, 6) is 1.03. The van der Waals surface area contributed by atoms with E-state index in [2.05, 4.69) is 16.7 Å². The topological polar surface area (TPSA) is 67.4 Å². The van der Waals surface area contributed by atoms with Gasteiger partial charge in [0.05, 0.1) is 17.5 Å². The first-order valence-electron chi connectivity index (χ1n) is 8.70. The van der Waals surface area contributed by atoms with Gasteiger partial charge in [0, 0.05) is 22.9 Å². The molecule has 2 aliphatic rings. The lowest BCUT2D eigenvalue weighted by molar-refractivity contribution is -0.115. The van der Waals surface area contributed by atoms with Crippen molar-refractivity contribution in [3.8, 4) is 5.75 Å². The molecule has 0 fully saturated rings. The van der Waals surface area contributed by atoms with Gasteiger partial charge in [-0.25, -0.2) is 0 Å². The van der Waals surface area contributed by atoms with Crippen LogP contribution in [0.2, 0.25) is 0 Å². The van der Waals surface area contributed by atoms with Crippen molar-refractivity contribution >= 4 is 29.3 Å². The largest absolute Gasteiger partial charge is 0.493 e. The molecule has 5 nitrogen and oxygen atoms in total. The standard InChI is InChI=1S/C20H20N2O3S/c1-12-19(23)22-16-9-15(6-7-18(16)26-12)20(24)21-10-13-8-14-4-2-3-5-17(14)25-11-13/h2-7,9,12-13H,8,10-11H2,1H3,(H,21,24)(H,22,23). The van der Waals surface area contributed by atoms with Crippen molar-refractivity contribution in [2.75, 3.05) is 18.5 Å². The van der Waals surface area contributed by atoms with E-state index in [0.717, 1.165) is 17.1 Å². The number of hydrogen-bond donors (Lipinski definition) is 2. The Morgan fingerprint density at radius 3 is 3.04 bits per heavy atom. The van der Waals surface area contributed by atoms with Crippen LogP contribution in [0, 0.1) is 5.92 Å². The predicted octanol–water partition coefficient (Wildman–Crippen LogP) is 3.10. The summed E-state index contributed by atoms with van der Waals surface area (Å²) >= 11 is 1.51. The molecule has 26 heavy (non-hydrogen) atoms. The number of amides is 2. The van der Waals surface area contributed by atoms with E-state index in [1.54, 1.807) is 12.1 Å². The Morgan fingerprint density at radius 1 is 1.31 bits per heavy atom. The van der Waals surface area contributed by atoms with Crippen LogP contribution in [0.5, 0.6) is 5.75 Å². The lowest BCUT2D eigenvalue weighted by atomic mass is 9.96. The summed E-state index contributed by atoms with van der Waals surface area (Å²) in [4.78, 5) is 25.3. The molecule has 2 heterocycles. The fourth-order valence-electron chi connectivity index (χ4n) is 3.21. The van der Waals surface area contributed by atoms with E-state index in [0.29, 0.717) is 24.4 Å². The Bertz CT molecular complexity index is 868. The van der Waals surface area contributed by atoms with Crippen LogP contribution in [-0.2, 0) is 11.2 Å². The summed E-state index contributed by atoms with van der Waals surface area (Å²) < 4.78 is 5.77. The van der Waals surface area contributed by atoms with Crippen molar-refractivity contribution in [3.05, 3.63) is 53.6 Å². The van der Waals surface area contributed by atoms with Gasteiger partial charge in [-0.15, -0.1) is 11.8 Å². The Morgan fingerprint density at radius 2 is 2.15 bits per heavy atom. The van der Waals surface area contributed by atoms with Crippen molar-refractivity contribution in [1.82, 2.24) is 5.32 Å². The molecule has 6 heteroatoms.